The maximum absolute atomic E-state index is 5.96. The van der Waals surface area contributed by atoms with E-state index in [1.165, 1.54) is 11.1 Å². The van der Waals surface area contributed by atoms with Gasteiger partial charge in [0.25, 0.3) is 0 Å². The van der Waals surface area contributed by atoms with E-state index in [4.69, 9.17) is 4.74 Å². The number of aryl methyl sites for hydroxylation is 1. The van der Waals surface area contributed by atoms with E-state index in [-0.39, 0.29) is 6.10 Å². The number of nitrogens with zero attached hydrogens (tertiary/aromatic N) is 5. The Bertz CT molecular complexity index is 798. The number of morpholine rings is 1. The lowest BCUT2D eigenvalue weighted by atomic mass is 10.1. The highest BCUT2D eigenvalue weighted by atomic mass is 16.5. The van der Waals surface area contributed by atoms with Crippen LogP contribution in [0.5, 0.6) is 0 Å². The van der Waals surface area contributed by atoms with Gasteiger partial charge in [0.15, 0.2) is 5.96 Å². The number of hydrogen-bond donors (Lipinski definition) is 1. The molecular formula is C22H34N6O. The van der Waals surface area contributed by atoms with Gasteiger partial charge in [-0.15, -0.1) is 0 Å². The highest BCUT2D eigenvalue weighted by Crippen LogP contribution is 2.21. The molecule has 1 saturated heterocycles. The molecule has 0 radical (unpaired) electrons. The van der Waals surface area contributed by atoms with Crippen LogP contribution in [0, 0.1) is 0 Å². The fraction of sp³-hybridized carbons (Fsp3) is 0.545. The number of aliphatic imine (C=N–C) groups is 1. The number of benzene rings is 1. The summed E-state index contributed by atoms with van der Waals surface area (Å²) in [5.74, 6) is 0.913. The molecule has 7 nitrogen and oxygen atoms in total. The van der Waals surface area contributed by atoms with Crippen LogP contribution in [0.4, 0.5) is 0 Å². The molecule has 1 atom stereocenters. The third-order valence-corrected chi connectivity index (χ3v) is 5.42. The van der Waals surface area contributed by atoms with Crippen LogP contribution >= 0.6 is 0 Å². The van der Waals surface area contributed by atoms with Gasteiger partial charge in [-0.25, -0.2) is 0 Å². The molecule has 2 aromatic rings. The standard InChI is InChI=1S/C22H34N6O/c1-5-27(6-2)15-19-9-7-8-18(12-19)13-24-22(23-3)28-10-11-29-21(17-28)20-14-25-26(4)16-20/h7-9,12,14,16,21H,5-6,10-11,13,15,17H2,1-4H3,(H,23,24). The first-order valence-electron chi connectivity index (χ1n) is 10.5. The van der Waals surface area contributed by atoms with E-state index < -0.39 is 0 Å². The molecule has 29 heavy (non-hydrogen) atoms. The maximum Gasteiger partial charge on any atom is 0.194 e. The second-order valence-corrected chi connectivity index (χ2v) is 7.43. The number of hydrogen-bond acceptors (Lipinski definition) is 4. The average molecular weight is 399 g/mol. The second-order valence-electron chi connectivity index (χ2n) is 7.43. The molecule has 1 fully saturated rings. The predicted octanol–water partition coefficient (Wildman–Crippen LogP) is 2.41. The van der Waals surface area contributed by atoms with E-state index in [0.717, 1.165) is 50.8 Å². The van der Waals surface area contributed by atoms with Gasteiger partial charge in [-0.1, -0.05) is 38.1 Å². The Labute approximate surface area is 174 Å². The first-order chi connectivity index (χ1) is 14.1. The van der Waals surface area contributed by atoms with Gasteiger partial charge in [-0.05, 0) is 24.2 Å². The van der Waals surface area contributed by atoms with E-state index in [1.807, 2.05) is 31.2 Å². The summed E-state index contributed by atoms with van der Waals surface area (Å²) in [5, 5.41) is 7.79. The van der Waals surface area contributed by atoms with Crippen molar-refractivity contribution in [3.8, 4) is 0 Å². The van der Waals surface area contributed by atoms with Gasteiger partial charge >= 0.3 is 0 Å². The summed E-state index contributed by atoms with van der Waals surface area (Å²) in [7, 11) is 3.77. The zero-order chi connectivity index (χ0) is 20.6. The number of nitrogens with one attached hydrogen (secondary N) is 1. The van der Waals surface area contributed by atoms with Crippen molar-refractivity contribution in [1.82, 2.24) is 24.9 Å². The predicted molar refractivity (Wildman–Crippen MR) is 117 cm³/mol. The van der Waals surface area contributed by atoms with E-state index >= 15 is 0 Å². The van der Waals surface area contributed by atoms with Gasteiger partial charge in [0.1, 0.15) is 6.10 Å². The summed E-state index contributed by atoms with van der Waals surface area (Å²) >= 11 is 0. The molecule has 7 heteroatoms. The Morgan fingerprint density at radius 3 is 2.79 bits per heavy atom. The summed E-state index contributed by atoms with van der Waals surface area (Å²) in [6.45, 7) is 10.6. The topological polar surface area (TPSA) is 57.9 Å². The Morgan fingerprint density at radius 2 is 2.10 bits per heavy atom. The van der Waals surface area contributed by atoms with Gasteiger partial charge in [0.2, 0.25) is 0 Å². The van der Waals surface area contributed by atoms with Crippen LogP contribution in [0.15, 0.2) is 41.7 Å². The van der Waals surface area contributed by atoms with Crippen LogP contribution in [0.1, 0.15) is 36.6 Å². The lowest BCUT2D eigenvalue weighted by Gasteiger charge is -2.34. The molecule has 2 heterocycles. The molecule has 158 valence electrons. The van der Waals surface area contributed by atoms with Crippen LogP contribution in [-0.4, -0.2) is 65.4 Å². The Hall–Kier alpha value is -2.38. The van der Waals surface area contributed by atoms with Gasteiger partial charge in [-0.2, -0.15) is 5.10 Å². The minimum atomic E-state index is 0.0217. The second kappa shape index (κ2) is 10.4. The summed E-state index contributed by atoms with van der Waals surface area (Å²) < 4.78 is 7.77. The summed E-state index contributed by atoms with van der Waals surface area (Å²) in [6, 6.07) is 8.81. The fourth-order valence-corrected chi connectivity index (χ4v) is 3.71. The molecule has 1 aromatic carbocycles. The summed E-state index contributed by atoms with van der Waals surface area (Å²) in [5.41, 5.74) is 3.73. The molecule has 1 unspecified atom stereocenters. The summed E-state index contributed by atoms with van der Waals surface area (Å²) in [4.78, 5) is 9.20. The number of aromatic nitrogens is 2. The maximum atomic E-state index is 5.96. The zero-order valence-corrected chi connectivity index (χ0v) is 18.1. The highest BCUT2D eigenvalue weighted by molar-refractivity contribution is 5.80. The monoisotopic (exact) mass is 398 g/mol. The van der Waals surface area contributed by atoms with Crippen molar-refractivity contribution in [2.75, 3.05) is 39.8 Å². The first kappa shape index (κ1) is 21.3. The summed E-state index contributed by atoms with van der Waals surface area (Å²) in [6.07, 6.45) is 3.92. The normalized spacial score (nSPS) is 17.8. The lowest BCUT2D eigenvalue weighted by Crippen LogP contribution is -2.47. The minimum Gasteiger partial charge on any atom is -0.370 e. The molecule has 1 aliphatic rings. The molecule has 1 N–H and O–H groups in total. The van der Waals surface area contributed by atoms with Crippen molar-refractivity contribution in [3.05, 3.63) is 53.3 Å². The Kier molecular flexibility index (Phi) is 7.66. The first-order valence-corrected chi connectivity index (χ1v) is 10.5. The van der Waals surface area contributed by atoms with Crippen molar-refractivity contribution >= 4 is 5.96 Å². The largest absolute Gasteiger partial charge is 0.370 e. The minimum absolute atomic E-state index is 0.0217. The van der Waals surface area contributed by atoms with E-state index in [0.29, 0.717) is 6.61 Å². The molecule has 0 saturated carbocycles. The van der Waals surface area contributed by atoms with Gasteiger partial charge < -0.3 is 15.0 Å². The molecule has 0 amide bonds. The van der Waals surface area contributed by atoms with Gasteiger partial charge in [0, 0.05) is 45.5 Å². The van der Waals surface area contributed by atoms with Crippen molar-refractivity contribution < 1.29 is 4.74 Å². The van der Waals surface area contributed by atoms with Crippen molar-refractivity contribution in [2.24, 2.45) is 12.0 Å². The van der Waals surface area contributed by atoms with E-state index in [9.17, 15) is 0 Å². The van der Waals surface area contributed by atoms with Crippen molar-refractivity contribution in [1.29, 1.82) is 0 Å². The molecule has 3 rings (SSSR count). The SMILES string of the molecule is CCN(CC)Cc1cccc(CNC(=NC)N2CCOC(c3cnn(C)c3)C2)c1. The smallest absolute Gasteiger partial charge is 0.194 e. The number of ether oxygens (including phenoxy) is 1. The van der Waals surface area contributed by atoms with Gasteiger partial charge in [-0.3, -0.25) is 14.6 Å². The Morgan fingerprint density at radius 1 is 1.31 bits per heavy atom. The fourth-order valence-electron chi connectivity index (χ4n) is 3.71. The highest BCUT2D eigenvalue weighted by Gasteiger charge is 2.25. The van der Waals surface area contributed by atoms with Gasteiger partial charge in [0.05, 0.1) is 19.3 Å². The third-order valence-electron chi connectivity index (χ3n) is 5.42. The van der Waals surface area contributed by atoms with Crippen molar-refractivity contribution in [2.45, 2.75) is 33.0 Å². The van der Waals surface area contributed by atoms with E-state index in [2.05, 4.69) is 63.3 Å². The number of guanidine groups is 1. The lowest BCUT2D eigenvalue weighted by molar-refractivity contribution is -0.00805. The van der Waals surface area contributed by atoms with Crippen LogP contribution in [0.25, 0.3) is 0 Å². The van der Waals surface area contributed by atoms with Crippen LogP contribution in [-0.2, 0) is 24.9 Å². The van der Waals surface area contributed by atoms with Crippen LogP contribution < -0.4 is 5.32 Å². The van der Waals surface area contributed by atoms with Crippen LogP contribution in [0.3, 0.4) is 0 Å². The average Bonchev–Trinajstić information content (AvgIpc) is 3.19. The molecule has 0 bridgehead atoms. The van der Waals surface area contributed by atoms with Crippen LogP contribution in [0.2, 0.25) is 0 Å². The number of rotatable bonds is 7. The Balaban J connectivity index is 1.59. The molecular weight excluding hydrogens is 364 g/mol. The molecule has 1 aliphatic heterocycles. The quantitative estimate of drug-likeness (QED) is 0.573. The van der Waals surface area contributed by atoms with E-state index in [1.54, 1.807) is 0 Å². The van der Waals surface area contributed by atoms with Crippen molar-refractivity contribution in [3.63, 3.8) is 0 Å². The molecule has 1 aromatic heterocycles. The third kappa shape index (κ3) is 5.81. The molecule has 0 aliphatic carbocycles. The molecule has 0 spiro atoms. The zero-order valence-electron chi connectivity index (χ0n) is 18.1.